The molecule has 0 aromatic heterocycles. The summed E-state index contributed by atoms with van der Waals surface area (Å²) >= 11 is 0. The zero-order valence-corrected chi connectivity index (χ0v) is 14.7. The van der Waals surface area contributed by atoms with E-state index in [1.165, 1.54) is 51.4 Å². The van der Waals surface area contributed by atoms with Crippen molar-refractivity contribution < 1.29 is 4.79 Å². The number of rotatable bonds is 4. The summed E-state index contributed by atoms with van der Waals surface area (Å²) in [7, 11) is 2.01. The second-order valence-electron chi connectivity index (χ2n) is 7.17. The molecule has 22 heavy (non-hydrogen) atoms. The van der Waals surface area contributed by atoms with Crippen LogP contribution in [0.3, 0.4) is 0 Å². The number of carbonyl (C=O) groups excluding carboxylic acids is 1. The third-order valence-electron chi connectivity index (χ3n) is 5.84. The van der Waals surface area contributed by atoms with Crippen LogP contribution in [0.5, 0.6) is 0 Å². The lowest BCUT2D eigenvalue weighted by Crippen LogP contribution is -2.53. The Kier molecular flexibility index (Phi) is 6.97. The Labute approximate surface area is 141 Å². The van der Waals surface area contributed by atoms with Crippen molar-refractivity contribution in [2.24, 2.45) is 5.92 Å². The molecule has 3 fully saturated rings. The molecule has 2 saturated heterocycles. The van der Waals surface area contributed by atoms with Crippen LogP contribution in [0.25, 0.3) is 0 Å². The smallest absolute Gasteiger partial charge is 0.237 e. The summed E-state index contributed by atoms with van der Waals surface area (Å²) in [6.07, 6.45) is 10.3. The summed E-state index contributed by atoms with van der Waals surface area (Å²) in [6.45, 7) is 3.76. The molecule has 4 nitrogen and oxygen atoms in total. The lowest BCUT2D eigenvalue weighted by atomic mass is 9.78. The SMILES string of the molecule is CNCC1CCCN1CC(=O)N1CCCC2CCCCC21.Cl. The number of nitrogens with zero attached hydrogens (tertiary/aromatic N) is 2. The van der Waals surface area contributed by atoms with Gasteiger partial charge in [-0.2, -0.15) is 0 Å². The van der Waals surface area contributed by atoms with Crippen LogP contribution in [-0.4, -0.2) is 61.0 Å². The number of likely N-dealkylation sites (tertiary alicyclic amines) is 2. The normalized spacial score (nSPS) is 32.4. The van der Waals surface area contributed by atoms with Crippen molar-refractivity contribution in [3.05, 3.63) is 0 Å². The summed E-state index contributed by atoms with van der Waals surface area (Å²) in [5, 5.41) is 3.27. The van der Waals surface area contributed by atoms with E-state index in [1.54, 1.807) is 0 Å². The van der Waals surface area contributed by atoms with Gasteiger partial charge in [0.05, 0.1) is 6.54 Å². The minimum Gasteiger partial charge on any atom is -0.338 e. The highest BCUT2D eigenvalue weighted by molar-refractivity contribution is 5.85. The van der Waals surface area contributed by atoms with Gasteiger partial charge in [-0.25, -0.2) is 0 Å². The Hall–Kier alpha value is -0.320. The molecular formula is C17H32ClN3O. The van der Waals surface area contributed by atoms with Gasteiger partial charge in [0.25, 0.3) is 0 Å². The number of piperidine rings is 1. The van der Waals surface area contributed by atoms with E-state index >= 15 is 0 Å². The number of carbonyl (C=O) groups is 1. The molecule has 1 aliphatic carbocycles. The number of likely N-dealkylation sites (N-methyl/N-ethyl adjacent to an activating group) is 1. The Bertz CT molecular complexity index is 364. The highest BCUT2D eigenvalue weighted by Gasteiger charge is 2.36. The Morgan fingerprint density at radius 3 is 2.59 bits per heavy atom. The van der Waals surface area contributed by atoms with E-state index in [0.717, 1.165) is 25.6 Å². The second-order valence-corrected chi connectivity index (χ2v) is 7.17. The first-order chi connectivity index (χ1) is 10.3. The molecule has 1 N–H and O–H groups in total. The lowest BCUT2D eigenvalue weighted by molar-refractivity contribution is -0.139. The van der Waals surface area contributed by atoms with E-state index in [1.807, 2.05) is 7.05 Å². The molecule has 3 atom stereocenters. The zero-order chi connectivity index (χ0) is 14.7. The summed E-state index contributed by atoms with van der Waals surface area (Å²) < 4.78 is 0. The summed E-state index contributed by atoms with van der Waals surface area (Å²) in [4.78, 5) is 17.5. The van der Waals surface area contributed by atoms with Gasteiger partial charge in [0.2, 0.25) is 5.91 Å². The van der Waals surface area contributed by atoms with Gasteiger partial charge in [0, 0.05) is 25.2 Å². The first-order valence-corrected chi connectivity index (χ1v) is 8.97. The largest absolute Gasteiger partial charge is 0.338 e. The van der Waals surface area contributed by atoms with Crippen molar-refractivity contribution in [1.29, 1.82) is 0 Å². The van der Waals surface area contributed by atoms with Crippen molar-refractivity contribution in [2.75, 3.05) is 33.2 Å². The van der Waals surface area contributed by atoms with E-state index in [9.17, 15) is 4.79 Å². The van der Waals surface area contributed by atoms with Crippen molar-refractivity contribution >= 4 is 18.3 Å². The van der Waals surface area contributed by atoms with Crippen molar-refractivity contribution in [2.45, 2.75) is 63.5 Å². The zero-order valence-electron chi connectivity index (χ0n) is 13.9. The molecule has 0 aromatic rings. The summed E-state index contributed by atoms with van der Waals surface area (Å²) in [6, 6.07) is 1.12. The molecule has 1 amide bonds. The molecule has 3 aliphatic rings. The first-order valence-electron chi connectivity index (χ1n) is 8.97. The van der Waals surface area contributed by atoms with Crippen LogP contribution in [0.4, 0.5) is 0 Å². The number of amides is 1. The highest BCUT2D eigenvalue weighted by atomic mass is 35.5. The van der Waals surface area contributed by atoms with Gasteiger partial charge in [0.15, 0.2) is 0 Å². The third kappa shape index (κ3) is 3.95. The van der Waals surface area contributed by atoms with E-state index in [2.05, 4.69) is 15.1 Å². The summed E-state index contributed by atoms with van der Waals surface area (Å²) in [5.74, 6) is 1.19. The predicted octanol–water partition coefficient (Wildman–Crippen LogP) is 2.27. The Morgan fingerprint density at radius 1 is 1.05 bits per heavy atom. The first kappa shape index (κ1) is 18.0. The summed E-state index contributed by atoms with van der Waals surface area (Å²) in [5.41, 5.74) is 0. The van der Waals surface area contributed by atoms with Crippen LogP contribution in [0.15, 0.2) is 0 Å². The minimum absolute atomic E-state index is 0. The quantitative estimate of drug-likeness (QED) is 0.859. The number of fused-ring (bicyclic) bond motifs is 1. The van der Waals surface area contributed by atoms with Crippen molar-refractivity contribution in [1.82, 2.24) is 15.1 Å². The van der Waals surface area contributed by atoms with Gasteiger partial charge in [-0.3, -0.25) is 9.69 Å². The molecule has 3 rings (SSSR count). The molecule has 0 radical (unpaired) electrons. The van der Waals surface area contributed by atoms with Gasteiger partial charge in [-0.15, -0.1) is 12.4 Å². The predicted molar refractivity (Wildman–Crippen MR) is 92.5 cm³/mol. The number of halogens is 1. The average molecular weight is 330 g/mol. The lowest BCUT2D eigenvalue weighted by Gasteiger charge is -2.44. The number of nitrogens with one attached hydrogen (secondary N) is 1. The Morgan fingerprint density at radius 2 is 1.77 bits per heavy atom. The molecule has 128 valence electrons. The van der Waals surface area contributed by atoms with Gasteiger partial charge in [-0.1, -0.05) is 12.8 Å². The van der Waals surface area contributed by atoms with E-state index in [-0.39, 0.29) is 12.4 Å². The maximum atomic E-state index is 12.8. The second kappa shape index (κ2) is 8.51. The molecule has 2 aliphatic heterocycles. The van der Waals surface area contributed by atoms with Gasteiger partial charge < -0.3 is 10.2 Å². The maximum Gasteiger partial charge on any atom is 0.237 e. The fourth-order valence-electron chi connectivity index (χ4n) is 4.77. The monoisotopic (exact) mass is 329 g/mol. The van der Waals surface area contributed by atoms with Crippen LogP contribution in [0.1, 0.15) is 51.4 Å². The highest BCUT2D eigenvalue weighted by Crippen LogP contribution is 2.35. The van der Waals surface area contributed by atoms with Crippen LogP contribution in [0.2, 0.25) is 0 Å². The Balaban J connectivity index is 0.00000176. The molecule has 3 unspecified atom stereocenters. The van der Waals surface area contributed by atoms with Crippen LogP contribution >= 0.6 is 12.4 Å². The number of hydrogen-bond donors (Lipinski definition) is 1. The molecule has 0 bridgehead atoms. The molecule has 1 saturated carbocycles. The van der Waals surface area contributed by atoms with Crippen LogP contribution in [-0.2, 0) is 4.79 Å². The fourth-order valence-corrected chi connectivity index (χ4v) is 4.77. The van der Waals surface area contributed by atoms with Gasteiger partial charge >= 0.3 is 0 Å². The minimum atomic E-state index is 0. The molecule has 0 aromatic carbocycles. The third-order valence-corrected chi connectivity index (χ3v) is 5.84. The standard InChI is InChI=1S/C17H31N3O.ClH/c1-18-12-15-8-5-10-19(15)13-17(21)20-11-4-7-14-6-2-3-9-16(14)20;/h14-16,18H,2-13H2,1H3;1H. The fraction of sp³-hybridized carbons (Fsp3) is 0.941. The average Bonchev–Trinajstić information content (AvgIpc) is 2.94. The van der Waals surface area contributed by atoms with Crippen LogP contribution < -0.4 is 5.32 Å². The molecule has 5 heteroatoms. The van der Waals surface area contributed by atoms with Crippen molar-refractivity contribution in [3.8, 4) is 0 Å². The van der Waals surface area contributed by atoms with Crippen molar-refractivity contribution in [3.63, 3.8) is 0 Å². The topological polar surface area (TPSA) is 35.6 Å². The van der Waals surface area contributed by atoms with Gasteiger partial charge in [0.1, 0.15) is 0 Å². The van der Waals surface area contributed by atoms with E-state index in [0.29, 0.717) is 24.5 Å². The number of hydrogen-bond acceptors (Lipinski definition) is 3. The maximum absolute atomic E-state index is 12.8. The van der Waals surface area contributed by atoms with Crippen LogP contribution in [0, 0.1) is 5.92 Å². The molecular weight excluding hydrogens is 298 g/mol. The van der Waals surface area contributed by atoms with Gasteiger partial charge in [-0.05, 0) is 58.0 Å². The molecule has 2 heterocycles. The van der Waals surface area contributed by atoms with E-state index in [4.69, 9.17) is 0 Å². The van der Waals surface area contributed by atoms with E-state index < -0.39 is 0 Å². The molecule has 0 spiro atoms.